The van der Waals surface area contributed by atoms with Crippen molar-refractivity contribution < 1.29 is 4.79 Å². The molecule has 1 heterocycles. The van der Waals surface area contributed by atoms with Crippen LogP contribution in [0.2, 0.25) is 0 Å². The molecule has 144 valence electrons. The zero-order valence-electron chi connectivity index (χ0n) is 16.6. The molecule has 1 aromatic heterocycles. The SMILES string of the molecule is CCCCCCCCCCCn1c(CCNC(C)=O)nc2ccccc21. The van der Waals surface area contributed by atoms with Crippen LogP contribution in [0.25, 0.3) is 11.0 Å². The van der Waals surface area contributed by atoms with Crippen LogP contribution in [0.4, 0.5) is 0 Å². The Morgan fingerprint density at radius 1 is 1.00 bits per heavy atom. The van der Waals surface area contributed by atoms with E-state index in [-0.39, 0.29) is 5.91 Å². The number of hydrogen-bond donors (Lipinski definition) is 1. The second kappa shape index (κ2) is 11.7. The van der Waals surface area contributed by atoms with Crippen LogP contribution in [-0.2, 0) is 17.8 Å². The van der Waals surface area contributed by atoms with Gasteiger partial charge in [-0.25, -0.2) is 4.98 Å². The lowest BCUT2D eigenvalue weighted by molar-refractivity contribution is -0.118. The lowest BCUT2D eigenvalue weighted by atomic mass is 10.1. The van der Waals surface area contributed by atoms with E-state index in [0.29, 0.717) is 6.54 Å². The van der Waals surface area contributed by atoms with Crippen molar-refractivity contribution in [1.82, 2.24) is 14.9 Å². The Morgan fingerprint density at radius 2 is 1.65 bits per heavy atom. The number of unbranched alkanes of at least 4 members (excludes halogenated alkanes) is 8. The van der Waals surface area contributed by atoms with Crippen molar-refractivity contribution in [2.45, 2.75) is 84.6 Å². The molecule has 0 aliphatic carbocycles. The van der Waals surface area contributed by atoms with Crippen LogP contribution in [0.1, 0.15) is 77.5 Å². The van der Waals surface area contributed by atoms with Crippen molar-refractivity contribution in [2.75, 3.05) is 6.54 Å². The Hall–Kier alpha value is -1.84. The van der Waals surface area contributed by atoms with E-state index < -0.39 is 0 Å². The number of aromatic nitrogens is 2. The Labute approximate surface area is 158 Å². The molecule has 0 atom stereocenters. The molecule has 0 aliphatic rings. The molecule has 1 aromatic carbocycles. The summed E-state index contributed by atoms with van der Waals surface area (Å²) in [5.41, 5.74) is 2.27. The molecule has 0 saturated heterocycles. The van der Waals surface area contributed by atoms with Gasteiger partial charge in [-0.2, -0.15) is 0 Å². The van der Waals surface area contributed by atoms with Gasteiger partial charge in [0.2, 0.25) is 5.91 Å². The molecule has 1 amide bonds. The number of carbonyl (C=O) groups is 1. The zero-order chi connectivity index (χ0) is 18.6. The van der Waals surface area contributed by atoms with Crippen LogP contribution in [0, 0.1) is 0 Å². The lowest BCUT2D eigenvalue weighted by Crippen LogP contribution is -2.23. The van der Waals surface area contributed by atoms with Gasteiger partial charge in [0.1, 0.15) is 5.82 Å². The monoisotopic (exact) mass is 357 g/mol. The maximum absolute atomic E-state index is 11.1. The third kappa shape index (κ3) is 6.81. The van der Waals surface area contributed by atoms with Crippen molar-refractivity contribution in [3.05, 3.63) is 30.1 Å². The molecule has 0 aliphatic heterocycles. The first kappa shape index (κ1) is 20.5. The number of fused-ring (bicyclic) bond motifs is 1. The molecule has 2 rings (SSSR count). The van der Waals surface area contributed by atoms with E-state index >= 15 is 0 Å². The summed E-state index contributed by atoms with van der Waals surface area (Å²) in [6.07, 6.45) is 12.8. The van der Waals surface area contributed by atoms with Crippen LogP contribution in [-0.4, -0.2) is 22.0 Å². The highest BCUT2D eigenvalue weighted by atomic mass is 16.1. The minimum Gasteiger partial charge on any atom is -0.356 e. The molecule has 2 aromatic rings. The fourth-order valence-corrected chi connectivity index (χ4v) is 3.50. The highest BCUT2D eigenvalue weighted by Gasteiger charge is 2.10. The summed E-state index contributed by atoms with van der Waals surface area (Å²) < 4.78 is 2.35. The number of amides is 1. The van der Waals surface area contributed by atoms with Crippen LogP contribution >= 0.6 is 0 Å². The normalized spacial score (nSPS) is 11.2. The summed E-state index contributed by atoms with van der Waals surface area (Å²) in [7, 11) is 0. The van der Waals surface area contributed by atoms with Crippen molar-refractivity contribution in [3.63, 3.8) is 0 Å². The molecule has 4 nitrogen and oxygen atoms in total. The summed E-state index contributed by atoms with van der Waals surface area (Å²) in [5, 5.41) is 2.88. The third-order valence-corrected chi connectivity index (χ3v) is 4.94. The molecule has 4 heteroatoms. The summed E-state index contributed by atoms with van der Waals surface area (Å²) in [4.78, 5) is 15.9. The molecule has 0 bridgehead atoms. The fourth-order valence-electron chi connectivity index (χ4n) is 3.50. The zero-order valence-corrected chi connectivity index (χ0v) is 16.6. The van der Waals surface area contributed by atoms with Crippen molar-refractivity contribution in [1.29, 1.82) is 0 Å². The molecule has 0 spiro atoms. The van der Waals surface area contributed by atoms with E-state index in [1.165, 1.54) is 63.3 Å². The number of benzene rings is 1. The molecule has 1 N–H and O–H groups in total. The van der Waals surface area contributed by atoms with Crippen LogP contribution in [0.5, 0.6) is 0 Å². The van der Waals surface area contributed by atoms with E-state index in [0.717, 1.165) is 24.3 Å². The minimum atomic E-state index is 0.0200. The van der Waals surface area contributed by atoms with Gasteiger partial charge in [-0.05, 0) is 18.6 Å². The van der Waals surface area contributed by atoms with Gasteiger partial charge >= 0.3 is 0 Å². The first-order valence-electron chi connectivity index (χ1n) is 10.4. The average Bonchev–Trinajstić information content (AvgIpc) is 2.97. The van der Waals surface area contributed by atoms with Gasteiger partial charge in [0, 0.05) is 26.4 Å². The Morgan fingerprint density at radius 3 is 2.35 bits per heavy atom. The Kier molecular flexibility index (Phi) is 9.22. The first-order chi connectivity index (χ1) is 12.7. The largest absolute Gasteiger partial charge is 0.356 e. The van der Waals surface area contributed by atoms with E-state index in [2.05, 4.69) is 35.0 Å². The van der Waals surface area contributed by atoms with E-state index in [4.69, 9.17) is 4.98 Å². The number of carbonyl (C=O) groups excluding carboxylic acids is 1. The van der Waals surface area contributed by atoms with Crippen molar-refractivity contribution >= 4 is 16.9 Å². The molecular weight excluding hydrogens is 322 g/mol. The van der Waals surface area contributed by atoms with E-state index in [1.54, 1.807) is 6.92 Å². The number of nitrogens with one attached hydrogen (secondary N) is 1. The number of imidazole rings is 1. The molecular formula is C22H35N3O. The summed E-state index contributed by atoms with van der Waals surface area (Å²) in [6.45, 7) is 5.50. The fraction of sp³-hybridized carbons (Fsp3) is 0.636. The standard InChI is InChI=1S/C22H35N3O/c1-3-4-5-6-7-8-9-10-13-18-25-21-15-12-11-14-20(21)24-22(25)16-17-23-19(2)26/h11-12,14-15H,3-10,13,16-18H2,1-2H3,(H,23,26). The third-order valence-electron chi connectivity index (χ3n) is 4.94. The highest BCUT2D eigenvalue weighted by molar-refractivity contribution is 5.76. The van der Waals surface area contributed by atoms with Gasteiger partial charge in [-0.15, -0.1) is 0 Å². The molecule has 0 unspecified atom stereocenters. The van der Waals surface area contributed by atoms with Crippen LogP contribution in [0.3, 0.4) is 0 Å². The summed E-state index contributed by atoms with van der Waals surface area (Å²) in [6, 6.07) is 8.34. The summed E-state index contributed by atoms with van der Waals surface area (Å²) >= 11 is 0. The maximum Gasteiger partial charge on any atom is 0.216 e. The molecule has 0 fully saturated rings. The average molecular weight is 358 g/mol. The van der Waals surface area contributed by atoms with Gasteiger partial charge in [0.05, 0.1) is 11.0 Å². The topological polar surface area (TPSA) is 46.9 Å². The smallest absolute Gasteiger partial charge is 0.216 e. The number of aryl methyl sites for hydroxylation is 1. The van der Waals surface area contributed by atoms with Crippen molar-refractivity contribution in [3.8, 4) is 0 Å². The predicted molar refractivity (Wildman–Crippen MR) is 109 cm³/mol. The Balaban J connectivity index is 1.80. The highest BCUT2D eigenvalue weighted by Crippen LogP contribution is 2.18. The minimum absolute atomic E-state index is 0.0200. The van der Waals surface area contributed by atoms with Gasteiger partial charge in [-0.1, -0.05) is 70.4 Å². The quantitative estimate of drug-likeness (QED) is 0.498. The van der Waals surface area contributed by atoms with Crippen LogP contribution in [0.15, 0.2) is 24.3 Å². The van der Waals surface area contributed by atoms with Gasteiger partial charge in [0.25, 0.3) is 0 Å². The summed E-state index contributed by atoms with van der Waals surface area (Å²) in [5.74, 6) is 1.10. The van der Waals surface area contributed by atoms with Gasteiger partial charge in [0.15, 0.2) is 0 Å². The number of rotatable bonds is 13. The number of para-hydroxylation sites is 2. The van der Waals surface area contributed by atoms with Gasteiger partial charge in [-0.3, -0.25) is 4.79 Å². The second-order valence-electron chi connectivity index (χ2n) is 7.23. The first-order valence-corrected chi connectivity index (χ1v) is 10.4. The van der Waals surface area contributed by atoms with E-state index in [9.17, 15) is 4.79 Å². The van der Waals surface area contributed by atoms with Crippen molar-refractivity contribution in [2.24, 2.45) is 0 Å². The van der Waals surface area contributed by atoms with Crippen LogP contribution < -0.4 is 5.32 Å². The molecule has 0 radical (unpaired) electrons. The maximum atomic E-state index is 11.1. The number of nitrogens with zero attached hydrogens (tertiary/aromatic N) is 2. The Bertz CT molecular complexity index is 662. The predicted octanol–water partition coefficient (Wildman–Crippen LogP) is 5.25. The second-order valence-corrected chi connectivity index (χ2v) is 7.23. The van der Waals surface area contributed by atoms with E-state index in [1.807, 2.05) is 6.07 Å². The van der Waals surface area contributed by atoms with Gasteiger partial charge < -0.3 is 9.88 Å². The molecule has 0 saturated carbocycles. The lowest BCUT2D eigenvalue weighted by Gasteiger charge is -2.10. The number of hydrogen-bond acceptors (Lipinski definition) is 2. The molecule has 26 heavy (non-hydrogen) atoms.